The van der Waals surface area contributed by atoms with E-state index in [0.29, 0.717) is 40.7 Å². The summed E-state index contributed by atoms with van der Waals surface area (Å²) < 4.78 is 32.5. The minimum absolute atomic E-state index is 0.204. The second kappa shape index (κ2) is 10.6. The maximum absolute atomic E-state index is 12.5. The molecule has 0 radical (unpaired) electrons. The number of ether oxygens (including phenoxy) is 1. The number of aromatic nitrogens is 2. The van der Waals surface area contributed by atoms with Crippen LogP contribution in [-0.2, 0) is 24.2 Å². The van der Waals surface area contributed by atoms with Crippen LogP contribution in [-0.4, -0.2) is 42.2 Å². The average molecular weight is 538 g/mol. The maximum atomic E-state index is 12.5. The number of rotatable bonds is 10. The molecule has 0 saturated heterocycles. The fourth-order valence-corrected chi connectivity index (χ4v) is 5.16. The molecule has 0 spiro atoms. The van der Waals surface area contributed by atoms with Crippen LogP contribution >= 0.6 is 11.6 Å². The third-order valence-electron chi connectivity index (χ3n) is 6.64. The van der Waals surface area contributed by atoms with Gasteiger partial charge in [0.05, 0.1) is 18.2 Å². The molecule has 2 aromatic carbocycles. The first-order valence-corrected chi connectivity index (χ1v) is 13.3. The van der Waals surface area contributed by atoms with Crippen LogP contribution in [0.3, 0.4) is 0 Å². The fourth-order valence-electron chi connectivity index (χ4n) is 4.55. The molecule has 4 aromatic rings. The van der Waals surface area contributed by atoms with Crippen LogP contribution in [0.1, 0.15) is 45.8 Å². The monoisotopic (exact) mass is 537 g/mol. The van der Waals surface area contributed by atoms with E-state index in [-0.39, 0.29) is 6.54 Å². The highest BCUT2D eigenvalue weighted by Gasteiger charge is 2.29. The number of methoxy groups -OCH3 is 1. The number of hydrogen-bond acceptors (Lipinski definition) is 5. The Morgan fingerprint density at radius 2 is 1.92 bits per heavy atom. The van der Waals surface area contributed by atoms with Gasteiger partial charge in [0.25, 0.3) is 5.91 Å². The zero-order valence-corrected chi connectivity index (χ0v) is 21.8. The lowest BCUT2D eigenvalue weighted by Gasteiger charge is -2.25. The van der Waals surface area contributed by atoms with Crippen LogP contribution in [0.4, 0.5) is 0 Å². The van der Waals surface area contributed by atoms with E-state index in [2.05, 4.69) is 5.10 Å². The van der Waals surface area contributed by atoms with Crippen LogP contribution in [0.2, 0.25) is 5.02 Å². The number of halogens is 1. The number of benzene rings is 2. The van der Waals surface area contributed by atoms with Crippen molar-refractivity contribution >= 4 is 34.3 Å². The highest BCUT2D eigenvalue weighted by atomic mass is 35.5. The third-order valence-corrected chi connectivity index (χ3v) is 7.62. The molecule has 1 saturated carbocycles. The first kappa shape index (κ1) is 25.4. The van der Waals surface area contributed by atoms with Crippen molar-refractivity contribution in [2.75, 3.05) is 13.7 Å². The van der Waals surface area contributed by atoms with Gasteiger partial charge in [-0.15, -0.1) is 0 Å². The van der Waals surface area contributed by atoms with Gasteiger partial charge in [0.1, 0.15) is 11.4 Å². The summed E-state index contributed by atoms with van der Waals surface area (Å²) in [6.45, 7) is 0.530. The van der Waals surface area contributed by atoms with Crippen molar-refractivity contribution < 1.29 is 18.3 Å². The zero-order chi connectivity index (χ0) is 26.1. The van der Waals surface area contributed by atoms with E-state index in [1.807, 2.05) is 36.5 Å². The molecule has 192 valence electrons. The van der Waals surface area contributed by atoms with Gasteiger partial charge in [-0.2, -0.15) is 5.10 Å². The topological polar surface area (TPSA) is 113 Å². The van der Waals surface area contributed by atoms with Crippen molar-refractivity contribution in [3.05, 3.63) is 88.1 Å². The molecule has 1 fully saturated rings. The predicted molar refractivity (Wildman–Crippen MR) is 142 cm³/mol. The van der Waals surface area contributed by atoms with Crippen LogP contribution in [0.15, 0.2) is 60.8 Å². The Bertz CT molecular complexity index is 1470. The Labute approximate surface area is 222 Å². The number of fused-ring (bicyclic) bond motifs is 1. The molecule has 8 nitrogen and oxygen atoms in total. The van der Waals surface area contributed by atoms with E-state index in [9.17, 15) is 13.6 Å². The van der Waals surface area contributed by atoms with Crippen molar-refractivity contribution in [2.24, 2.45) is 5.73 Å². The van der Waals surface area contributed by atoms with E-state index in [1.54, 1.807) is 35.9 Å². The van der Waals surface area contributed by atoms with Crippen LogP contribution in [0.25, 0.3) is 16.8 Å². The molecule has 5 rings (SSSR count). The van der Waals surface area contributed by atoms with E-state index >= 15 is 0 Å². The van der Waals surface area contributed by atoms with Gasteiger partial charge in [0.2, 0.25) is 0 Å². The summed E-state index contributed by atoms with van der Waals surface area (Å²) in [5.41, 5.74) is 10.8. The van der Waals surface area contributed by atoms with E-state index in [4.69, 9.17) is 22.1 Å². The Morgan fingerprint density at radius 3 is 2.51 bits per heavy atom. The second-order valence-electron chi connectivity index (χ2n) is 9.13. The number of carbonyl (C=O) groups is 1. The normalized spacial score (nSPS) is 14.3. The lowest BCUT2D eigenvalue weighted by molar-refractivity contribution is 0.100. The Morgan fingerprint density at radius 1 is 1.22 bits per heavy atom. The molecule has 0 bridgehead atoms. The molecule has 0 aliphatic heterocycles. The summed E-state index contributed by atoms with van der Waals surface area (Å²) in [6.07, 6.45) is 4.41. The molecular formula is C27H26ClN4O4S-. The van der Waals surface area contributed by atoms with Gasteiger partial charge in [-0.25, -0.2) is 8.82 Å². The molecule has 2 heterocycles. The molecule has 1 aliphatic carbocycles. The smallest absolute Gasteiger partial charge is 0.253 e. The lowest BCUT2D eigenvalue weighted by atomic mass is 10.0. The molecule has 1 aliphatic rings. The summed E-state index contributed by atoms with van der Waals surface area (Å²) in [7, 11) is 1.61. The van der Waals surface area contributed by atoms with Crippen molar-refractivity contribution in [3.8, 4) is 17.0 Å². The van der Waals surface area contributed by atoms with E-state index in [1.165, 1.54) is 4.31 Å². The Hall–Kier alpha value is -3.24. The molecule has 1 atom stereocenters. The standard InChI is InChI=1S/C27H27ClN4O4S/c1-36-22-10-2-17(3-11-22)12-13-31(37(34)35)15-20-16-32-24(14-23(20)18-4-5-18)25(27(29)33)26(30-32)19-6-8-21(28)9-7-19/h2-3,6-11,14,16,18H,4-5,12-13,15H2,1H3,(H2,29,33)(H,34,35)/p-1. The molecule has 10 heteroatoms. The van der Waals surface area contributed by atoms with Gasteiger partial charge in [-0.3, -0.25) is 9.00 Å². The third kappa shape index (κ3) is 5.55. The van der Waals surface area contributed by atoms with E-state index in [0.717, 1.165) is 40.8 Å². The highest BCUT2D eigenvalue weighted by molar-refractivity contribution is 7.76. The van der Waals surface area contributed by atoms with Crippen LogP contribution in [0.5, 0.6) is 5.75 Å². The van der Waals surface area contributed by atoms with E-state index < -0.39 is 17.2 Å². The molecule has 37 heavy (non-hydrogen) atoms. The fraction of sp³-hybridized carbons (Fsp3) is 0.259. The number of nitrogens with two attached hydrogens (primary N) is 1. The van der Waals surface area contributed by atoms with Crippen molar-refractivity contribution in [3.63, 3.8) is 0 Å². The summed E-state index contributed by atoms with van der Waals surface area (Å²) in [5.74, 6) is 0.497. The number of pyridine rings is 1. The Balaban J connectivity index is 1.49. The molecular weight excluding hydrogens is 512 g/mol. The summed E-state index contributed by atoms with van der Waals surface area (Å²) >= 11 is 3.62. The van der Waals surface area contributed by atoms with Crippen molar-refractivity contribution in [1.82, 2.24) is 13.9 Å². The minimum Gasteiger partial charge on any atom is -0.760 e. The summed E-state index contributed by atoms with van der Waals surface area (Å²) in [6, 6.07) is 16.6. The number of nitrogens with zero attached hydrogens (tertiary/aromatic N) is 3. The van der Waals surface area contributed by atoms with Crippen LogP contribution in [0, 0.1) is 0 Å². The minimum atomic E-state index is -2.41. The largest absolute Gasteiger partial charge is 0.760 e. The van der Waals surface area contributed by atoms with Gasteiger partial charge >= 0.3 is 0 Å². The molecule has 1 unspecified atom stereocenters. The van der Waals surface area contributed by atoms with Gasteiger partial charge < -0.3 is 15.0 Å². The van der Waals surface area contributed by atoms with Crippen LogP contribution < -0.4 is 10.5 Å². The lowest BCUT2D eigenvalue weighted by Crippen LogP contribution is -2.28. The van der Waals surface area contributed by atoms with Crippen molar-refractivity contribution in [1.29, 1.82) is 0 Å². The Kier molecular flexibility index (Phi) is 7.30. The molecule has 2 N–H and O–H groups in total. The number of primary amides is 1. The first-order chi connectivity index (χ1) is 17.8. The zero-order valence-electron chi connectivity index (χ0n) is 20.2. The molecule has 1 amide bonds. The van der Waals surface area contributed by atoms with Gasteiger partial charge in [-0.05, 0) is 72.2 Å². The van der Waals surface area contributed by atoms with Gasteiger partial charge in [0.15, 0.2) is 0 Å². The SMILES string of the molecule is COc1ccc(CCN(Cc2cn3nc(-c4ccc(Cl)cc4)c(C(N)=O)c3cc2C2CC2)S(=O)[O-])cc1. The first-order valence-electron chi connectivity index (χ1n) is 11.9. The second-order valence-corrected chi connectivity index (χ2v) is 10.5. The number of amides is 1. The average Bonchev–Trinajstić information content (AvgIpc) is 3.66. The number of carbonyl (C=O) groups excluding carboxylic acids is 1. The quantitative estimate of drug-likeness (QED) is 0.300. The maximum Gasteiger partial charge on any atom is 0.253 e. The van der Waals surface area contributed by atoms with Crippen molar-refractivity contribution in [2.45, 2.75) is 31.7 Å². The van der Waals surface area contributed by atoms with Gasteiger partial charge in [-0.1, -0.05) is 35.9 Å². The highest BCUT2D eigenvalue weighted by Crippen LogP contribution is 2.43. The number of hydrogen-bond donors (Lipinski definition) is 1. The molecule has 2 aromatic heterocycles. The predicted octanol–water partition coefficient (Wildman–Crippen LogP) is 4.48. The summed E-state index contributed by atoms with van der Waals surface area (Å²) in [4.78, 5) is 12.5. The van der Waals surface area contributed by atoms with Gasteiger partial charge in [0, 0.05) is 41.1 Å². The summed E-state index contributed by atoms with van der Waals surface area (Å²) in [5, 5.41) is 5.24.